The number of thioether (sulfide) groups is 1. The molecule has 0 radical (unpaired) electrons. The lowest BCUT2D eigenvalue weighted by molar-refractivity contribution is -0.113. The second-order valence-corrected chi connectivity index (χ2v) is 6.55. The summed E-state index contributed by atoms with van der Waals surface area (Å²) in [4.78, 5) is 14.6. The van der Waals surface area contributed by atoms with Gasteiger partial charge in [-0.3, -0.25) is 9.69 Å². The summed E-state index contributed by atoms with van der Waals surface area (Å²) in [7, 11) is 1.86. The number of para-hydroxylation sites is 1. The van der Waals surface area contributed by atoms with E-state index in [1.165, 1.54) is 11.8 Å². The highest BCUT2D eigenvalue weighted by molar-refractivity contribution is 7.99. The van der Waals surface area contributed by atoms with E-state index in [2.05, 4.69) is 26.5 Å². The average molecular weight is 347 g/mol. The first kappa shape index (κ1) is 16.9. The summed E-state index contributed by atoms with van der Waals surface area (Å²) in [6.07, 6.45) is 1.62. The van der Waals surface area contributed by atoms with Gasteiger partial charge in [-0.1, -0.05) is 30.0 Å². The molecule has 0 aliphatic carbocycles. The molecule has 1 fully saturated rings. The van der Waals surface area contributed by atoms with Crippen LogP contribution in [-0.2, 0) is 23.1 Å². The van der Waals surface area contributed by atoms with Gasteiger partial charge in [0.15, 0.2) is 5.16 Å². The number of rotatable bonds is 6. The molecule has 1 aromatic heterocycles. The Balaban J connectivity index is 1.57. The quantitative estimate of drug-likeness (QED) is 0.796. The predicted molar refractivity (Wildman–Crippen MR) is 92.9 cm³/mol. The maximum atomic E-state index is 12.2. The molecule has 7 nitrogen and oxygen atoms in total. The molecule has 1 amide bonds. The monoisotopic (exact) mass is 347 g/mol. The van der Waals surface area contributed by atoms with Gasteiger partial charge in [-0.05, 0) is 11.6 Å². The molecule has 3 rings (SSSR count). The largest absolute Gasteiger partial charge is 0.379 e. The highest BCUT2D eigenvalue weighted by atomic mass is 32.2. The van der Waals surface area contributed by atoms with Gasteiger partial charge in [0.05, 0.1) is 19.0 Å². The molecule has 0 bridgehead atoms. The molecule has 1 aliphatic heterocycles. The highest BCUT2D eigenvalue weighted by Crippen LogP contribution is 2.19. The van der Waals surface area contributed by atoms with E-state index in [-0.39, 0.29) is 5.91 Å². The predicted octanol–water partition coefficient (Wildman–Crippen LogP) is 1.38. The third-order valence-electron chi connectivity index (χ3n) is 3.79. The zero-order valence-corrected chi connectivity index (χ0v) is 14.5. The van der Waals surface area contributed by atoms with Crippen molar-refractivity contribution in [3.63, 3.8) is 0 Å². The van der Waals surface area contributed by atoms with E-state index in [0.717, 1.165) is 49.3 Å². The van der Waals surface area contributed by atoms with Gasteiger partial charge in [0.1, 0.15) is 6.33 Å². The number of carbonyl (C=O) groups excluding carboxylic acids is 1. The molecule has 1 aliphatic rings. The van der Waals surface area contributed by atoms with Crippen LogP contribution in [0.4, 0.5) is 5.69 Å². The van der Waals surface area contributed by atoms with Crippen molar-refractivity contribution >= 4 is 23.4 Å². The van der Waals surface area contributed by atoms with Crippen molar-refractivity contribution in [2.24, 2.45) is 7.05 Å². The first-order valence-electron chi connectivity index (χ1n) is 7.87. The maximum Gasteiger partial charge on any atom is 0.234 e. The van der Waals surface area contributed by atoms with Crippen LogP contribution >= 0.6 is 11.8 Å². The Bertz CT molecular complexity index is 685. The third-order valence-corrected chi connectivity index (χ3v) is 4.83. The zero-order chi connectivity index (χ0) is 16.8. The van der Waals surface area contributed by atoms with Crippen LogP contribution in [0.2, 0.25) is 0 Å². The summed E-state index contributed by atoms with van der Waals surface area (Å²) in [5.74, 6) is 0.260. The normalized spacial score (nSPS) is 15.4. The fourth-order valence-corrected chi connectivity index (χ4v) is 3.19. The number of anilines is 1. The molecule has 0 unspecified atom stereocenters. The van der Waals surface area contributed by atoms with Crippen molar-refractivity contribution in [1.29, 1.82) is 0 Å². The molecule has 0 spiro atoms. The van der Waals surface area contributed by atoms with Crippen LogP contribution < -0.4 is 5.32 Å². The van der Waals surface area contributed by atoms with Crippen LogP contribution in [0.15, 0.2) is 35.7 Å². The summed E-state index contributed by atoms with van der Waals surface area (Å²) >= 11 is 1.37. The minimum absolute atomic E-state index is 0.0440. The van der Waals surface area contributed by atoms with Gasteiger partial charge >= 0.3 is 0 Å². The molecule has 1 saturated heterocycles. The lowest BCUT2D eigenvalue weighted by Crippen LogP contribution is -2.35. The Morgan fingerprint density at radius 3 is 2.88 bits per heavy atom. The molecule has 0 saturated carbocycles. The van der Waals surface area contributed by atoms with E-state index >= 15 is 0 Å². The van der Waals surface area contributed by atoms with Crippen molar-refractivity contribution < 1.29 is 9.53 Å². The lowest BCUT2D eigenvalue weighted by Gasteiger charge is -2.27. The first-order chi connectivity index (χ1) is 11.7. The molecule has 24 heavy (non-hydrogen) atoms. The summed E-state index contributed by atoms with van der Waals surface area (Å²) in [6.45, 7) is 4.19. The topological polar surface area (TPSA) is 72.3 Å². The van der Waals surface area contributed by atoms with E-state index in [9.17, 15) is 4.79 Å². The SMILES string of the molecule is Cn1cnnc1SCC(=O)Nc1ccccc1CN1CCOCC1. The Kier molecular flexibility index (Phi) is 5.84. The number of ether oxygens (including phenoxy) is 1. The highest BCUT2D eigenvalue weighted by Gasteiger charge is 2.14. The Morgan fingerprint density at radius 1 is 1.33 bits per heavy atom. The minimum Gasteiger partial charge on any atom is -0.379 e. The molecule has 0 atom stereocenters. The number of nitrogens with one attached hydrogen (secondary N) is 1. The lowest BCUT2D eigenvalue weighted by atomic mass is 10.1. The number of hydrogen-bond acceptors (Lipinski definition) is 6. The Labute approximate surface area is 145 Å². The van der Waals surface area contributed by atoms with Crippen LogP contribution in [-0.4, -0.2) is 57.6 Å². The number of aryl methyl sites for hydroxylation is 1. The second-order valence-electron chi connectivity index (χ2n) is 5.61. The Hall–Kier alpha value is -1.90. The summed E-state index contributed by atoms with van der Waals surface area (Å²) in [6, 6.07) is 7.94. The molecular formula is C16H21N5O2S. The van der Waals surface area contributed by atoms with Crippen molar-refractivity contribution in [2.45, 2.75) is 11.7 Å². The van der Waals surface area contributed by atoms with Gasteiger partial charge in [0, 0.05) is 32.4 Å². The number of nitrogens with zero attached hydrogens (tertiary/aromatic N) is 4. The Morgan fingerprint density at radius 2 is 2.12 bits per heavy atom. The molecule has 1 N–H and O–H groups in total. The van der Waals surface area contributed by atoms with Crippen LogP contribution in [0.3, 0.4) is 0 Å². The number of hydrogen-bond donors (Lipinski definition) is 1. The van der Waals surface area contributed by atoms with Crippen molar-refractivity contribution in [2.75, 3.05) is 37.4 Å². The summed E-state index contributed by atoms with van der Waals surface area (Å²) < 4.78 is 7.18. The van der Waals surface area contributed by atoms with E-state index in [4.69, 9.17) is 4.74 Å². The summed E-state index contributed by atoms with van der Waals surface area (Å²) in [5, 5.41) is 11.5. The standard InChI is InChI=1S/C16H21N5O2S/c1-20-12-17-19-16(20)24-11-15(22)18-14-5-3-2-4-13(14)10-21-6-8-23-9-7-21/h2-5,12H,6-11H2,1H3,(H,18,22). The van der Waals surface area contributed by atoms with Crippen LogP contribution in [0, 0.1) is 0 Å². The second kappa shape index (κ2) is 8.27. The van der Waals surface area contributed by atoms with Crippen LogP contribution in [0.25, 0.3) is 0 Å². The minimum atomic E-state index is -0.0440. The number of benzene rings is 1. The van der Waals surface area contributed by atoms with E-state index in [1.54, 1.807) is 10.9 Å². The number of carbonyl (C=O) groups is 1. The number of morpholine rings is 1. The van der Waals surface area contributed by atoms with E-state index in [1.807, 2.05) is 25.2 Å². The van der Waals surface area contributed by atoms with Gasteiger partial charge in [-0.2, -0.15) is 0 Å². The van der Waals surface area contributed by atoms with E-state index in [0.29, 0.717) is 5.75 Å². The van der Waals surface area contributed by atoms with Crippen molar-refractivity contribution in [1.82, 2.24) is 19.7 Å². The average Bonchev–Trinajstić information content (AvgIpc) is 3.01. The molecule has 8 heteroatoms. The van der Waals surface area contributed by atoms with E-state index < -0.39 is 0 Å². The van der Waals surface area contributed by atoms with Gasteiger partial charge in [0.2, 0.25) is 5.91 Å². The first-order valence-corrected chi connectivity index (χ1v) is 8.85. The molecule has 128 valence electrons. The van der Waals surface area contributed by atoms with Gasteiger partial charge in [0.25, 0.3) is 0 Å². The molecule has 2 heterocycles. The van der Waals surface area contributed by atoms with Crippen LogP contribution in [0.5, 0.6) is 0 Å². The van der Waals surface area contributed by atoms with Crippen LogP contribution in [0.1, 0.15) is 5.56 Å². The molecule has 1 aromatic carbocycles. The fraction of sp³-hybridized carbons (Fsp3) is 0.438. The molecular weight excluding hydrogens is 326 g/mol. The number of aromatic nitrogens is 3. The zero-order valence-electron chi connectivity index (χ0n) is 13.6. The maximum absolute atomic E-state index is 12.2. The van der Waals surface area contributed by atoms with Gasteiger partial charge in [-0.15, -0.1) is 10.2 Å². The van der Waals surface area contributed by atoms with Crippen molar-refractivity contribution in [3.05, 3.63) is 36.2 Å². The number of amides is 1. The smallest absolute Gasteiger partial charge is 0.234 e. The molecule has 2 aromatic rings. The van der Waals surface area contributed by atoms with Gasteiger partial charge in [-0.25, -0.2) is 0 Å². The third kappa shape index (κ3) is 4.56. The fourth-order valence-electron chi connectivity index (χ4n) is 2.50. The van der Waals surface area contributed by atoms with Crippen molar-refractivity contribution in [3.8, 4) is 0 Å². The summed E-state index contributed by atoms with van der Waals surface area (Å²) in [5.41, 5.74) is 1.99. The van der Waals surface area contributed by atoms with Gasteiger partial charge < -0.3 is 14.6 Å².